The monoisotopic (exact) mass is 298 g/mol. The van der Waals surface area contributed by atoms with Crippen LogP contribution in [0.3, 0.4) is 0 Å². The maximum atomic E-state index is 6.40. The van der Waals surface area contributed by atoms with E-state index in [-0.39, 0.29) is 17.7 Å². The Bertz CT molecular complexity index is 581. The summed E-state index contributed by atoms with van der Waals surface area (Å²) >= 11 is 0. The van der Waals surface area contributed by atoms with E-state index < -0.39 is 0 Å². The summed E-state index contributed by atoms with van der Waals surface area (Å²) in [5.74, 6) is 0. The number of nitrogens with two attached hydrogens (primary N) is 1. The minimum absolute atomic E-state index is 0.0564. The van der Waals surface area contributed by atoms with Crippen molar-refractivity contribution in [1.82, 2.24) is 4.98 Å². The fraction of sp³-hybridized carbons (Fsp3) is 0.389. The van der Waals surface area contributed by atoms with Crippen LogP contribution >= 0.6 is 0 Å². The van der Waals surface area contributed by atoms with Gasteiger partial charge in [0.25, 0.3) is 0 Å². The van der Waals surface area contributed by atoms with Crippen molar-refractivity contribution in [3.8, 4) is 0 Å². The van der Waals surface area contributed by atoms with E-state index >= 15 is 0 Å². The van der Waals surface area contributed by atoms with E-state index in [0.29, 0.717) is 13.2 Å². The zero-order chi connectivity index (χ0) is 15.4. The summed E-state index contributed by atoms with van der Waals surface area (Å²) in [6.45, 7) is 3.28. The second kappa shape index (κ2) is 6.57. The molecule has 2 aromatic rings. The average molecular weight is 298 g/mol. The van der Waals surface area contributed by atoms with Gasteiger partial charge in [-0.05, 0) is 12.1 Å². The Labute approximate surface area is 131 Å². The summed E-state index contributed by atoms with van der Waals surface area (Å²) < 4.78 is 11.8. The number of benzene rings is 1. The highest BCUT2D eigenvalue weighted by atomic mass is 16.7. The summed E-state index contributed by atoms with van der Waals surface area (Å²) in [4.78, 5) is 4.35. The van der Waals surface area contributed by atoms with Crippen molar-refractivity contribution in [2.75, 3.05) is 13.2 Å². The molecule has 0 radical (unpaired) electrons. The normalized spacial score (nSPS) is 26.5. The van der Waals surface area contributed by atoms with E-state index in [4.69, 9.17) is 15.2 Å². The van der Waals surface area contributed by atoms with Crippen molar-refractivity contribution in [3.63, 3.8) is 0 Å². The lowest BCUT2D eigenvalue weighted by molar-refractivity contribution is -0.234. The van der Waals surface area contributed by atoms with Crippen LogP contribution in [0, 0.1) is 5.41 Å². The van der Waals surface area contributed by atoms with E-state index in [9.17, 15) is 0 Å². The van der Waals surface area contributed by atoms with Crippen LogP contribution in [0.4, 0.5) is 0 Å². The highest BCUT2D eigenvalue weighted by molar-refractivity contribution is 5.16. The van der Waals surface area contributed by atoms with Crippen molar-refractivity contribution in [1.29, 1.82) is 0 Å². The van der Waals surface area contributed by atoms with E-state index in [1.165, 1.54) is 0 Å². The Balaban J connectivity index is 1.61. The highest BCUT2D eigenvalue weighted by Crippen LogP contribution is 2.34. The van der Waals surface area contributed by atoms with Crippen molar-refractivity contribution in [2.24, 2.45) is 11.1 Å². The number of hydrogen-bond donors (Lipinski definition) is 1. The Morgan fingerprint density at radius 1 is 1.14 bits per heavy atom. The SMILES string of the molecule is CC1(C(N)Cc2ccccn2)COC(c2ccccc2)OC1. The van der Waals surface area contributed by atoms with Crippen molar-refractivity contribution < 1.29 is 9.47 Å². The van der Waals surface area contributed by atoms with Crippen LogP contribution < -0.4 is 5.73 Å². The van der Waals surface area contributed by atoms with Gasteiger partial charge in [0.15, 0.2) is 6.29 Å². The standard InChI is InChI=1S/C18H22N2O2/c1-18(16(19)11-15-9-5-6-10-20-15)12-21-17(22-13-18)14-7-3-2-4-8-14/h2-10,16-17H,11-13,19H2,1H3. The second-order valence-corrected chi connectivity index (χ2v) is 6.15. The molecule has 1 unspecified atom stereocenters. The third-order valence-electron chi connectivity index (χ3n) is 4.25. The molecule has 1 aliphatic rings. The zero-order valence-corrected chi connectivity index (χ0v) is 12.8. The Kier molecular flexibility index (Phi) is 4.52. The number of rotatable bonds is 4. The van der Waals surface area contributed by atoms with Crippen molar-refractivity contribution >= 4 is 0 Å². The largest absolute Gasteiger partial charge is 0.348 e. The first kappa shape index (κ1) is 15.2. The molecule has 2 heterocycles. The predicted octanol–water partition coefficient (Wildman–Crippen LogP) is 2.70. The predicted molar refractivity (Wildman–Crippen MR) is 85.1 cm³/mol. The minimum atomic E-state index is -0.295. The molecule has 0 spiro atoms. The van der Waals surface area contributed by atoms with Gasteiger partial charge in [-0.25, -0.2) is 0 Å². The lowest BCUT2D eigenvalue weighted by Gasteiger charge is -2.41. The van der Waals surface area contributed by atoms with Crippen LogP contribution in [0.2, 0.25) is 0 Å². The minimum Gasteiger partial charge on any atom is -0.348 e. The third-order valence-corrected chi connectivity index (χ3v) is 4.25. The Morgan fingerprint density at radius 2 is 1.82 bits per heavy atom. The van der Waals surface area contributed by atoms with Crippen molar-refractivity contribution in [2.45, 2.75) is 25.7 Å². The van der Waals surface area contributed by atoms with Gasteiger partial charge in [0.2, 0.25) is 0 Å². The van der Waals surface area contributed by atoms with Gasteiger partial charge in [0.1, 0.15) is 0 Å². The fourth-order valence-corrected chi connectivity index (χ4v) is 2.63. The molecule has 4 nitrogen and oxygen atoms in total. The van der Waals surface area contributed by atoms with Crippen LogP contribution in [-0.4, -0.2) is 24.2 Å². The van der Waals surface area contributed by atoms with Crippen LogP contribution in [0.15, 0.2) is 54.7 Å². The Hall–Kier alpha value is -1.75. The molecule has 1 aliphatic heterocycles. The molecule has 2 N–H and O–H groups in total. The van der Waals surface area contributed by atoms with Gasteiger partial charge in [-0.1, -0.05) is 43.3 Å². The van der Waals surface area contributed by atoms with E-state index in [1.807, 2.05) is 48.5 Å². The second-order valence-electron chi connectivity index (χ2n) is 6.15. The third kappa shape index (κ3) is 3.35. The molecule has 1 aromatic carbocycles. The van der Waals surface area contributed by atoms with Crippen LogP contribution in [0.5, 0.6) is 0 Å². The molecule has 1 atom stereocenters. The fourth-order valence-electron chi connectivity index (χ4n) is 2.63. The number of pyridine rings is 1. The molecule has 0 saturated carbocycles. The van der Waals surface area contributed by atoms with E-state index in [0.717, 1.165) is 17.7 Å². The van der Waals surface area contributed by atoms with Gasteiger partial charge >= 0.3 is 0 Å². The van der Waals surface area contributed by atoms with Gasteiger partial charge in [-0.2, -0.15) is 0 Å². The summed E-state index contributed by atoms with van der Waals surface area (Å²) in [6, 6.07) is 15.8. The lowest BCUT2D eigenvalue weighted by Crippen LogP contribution is -2.50. The first-order chi connectivity index (χ1) is 10.7. The van der Waals surface area contributed by atoms with Crippen LogP contribution in [-0.2, 0) is 15.9 Å². The molecule has 4 heteroatoms. The van der Waals surface area contributed by atoms with Gasteiger partial charge in [0.05, 0.1) is 13.2 Å². The van der Waals surface area contributed by atoms with Gasteiger partial charge in [-0.15, -0.1) is 0 Å². The topological polar surface area (TPSA) is 57.4 Å². The average Bonchev–Trinajstić information content (AvgIpc) is 2.57. The summed E-state index contributed by atoms with van der Waals surface area (Å²) in [7, 11) is 0. The van der Waals surface area contributed by atoms with Crippen molar-refractivity contribution in [3.05, 3.63) is 66.0 Å². The summed E-state index contributed by atoms with van der Waals surface area (Å²) in [5.41, 5.74) is 8.24. The molecule has 1 aromatic heterocycles. The first-order valence-corrected chi connectivity index (χ1v) is 7.61. The molecular weight excluding hydrogens is 276 g/mol. The summed E-state index contributed by atoms with van der Waals surface area (Å²) in [6.07, 6.45) is 2.22. The molecule has 1 saturated heterocycles. The molecule has 22 heavy (non-hydrogen) atoms. The maximum Gasteiger partial charge on any atom is 0.183 e. The van der Waals surface area contributed by atoms with Gasteiger partial charge < -0.3 is 15.2 Å². The maximum absolute atomic E-state index is 6.40. The van der Waals surface area contributed by atoms with Crippen LogP contribution in [0.1, 0.15) is 24.5 Å². The number of aromatic nitrogens is 1. The molecule has 0 aliphatic carbocycles. The zero-order valence-electron chi connectivity index (χ0n) is 12.8. The molecule has 0 amide bonds. The lowest BCUT2D eigenvalue weighted by atomic mass is 9.81. The van der Waals surface area contributed by atoms with Crippen LogP contribution in [0.25, 0.3) is 0 Å². The van der Waals surface area contributed by atoms with E-state index in [1.54, 1.807) is 6.20 Å². The number of nitrogens with zero attached hydrogens (tertiary/aromatic N) is 1. The first-order valence-electron chi connectivity index (χ1n) is 7.61. The van der Waals surface area contributed by atoms with Gasteiger partial charge in [-0.3, -0.25) is 4.98 Å². The molecule has 116 valence electrons. The van der Waals surface area contributed by atoms with Gasteiger partial charge in [0, 0.05) is 35.3 Å². The Morgan fingerprint density at radius 3 is 2.45 bits per heavy atom. The molecule has 0 bridgehead atoms. The van der Waals surface area contributed by atoms with E-state index in [2.05, 4.69) is 11.9 Å². The molecule has 3 rings (SSSR count). The summed E-state index contributed by atoms with van der Waals surface area (Å²) in [5, 5.41) is 0. The highest BCUT2D eigenvalue weighted by Gasteiger charge is 2.38. The molecular formula is C18H22N2O2. The molecule has 1 fully saturated rings. The number of hydrogen-bond acceptors (Lipinski definition) is 4. The quantitative estimate of drug-likeness (QED) is 0.943. The number of ether oxygens (including phenoxy) is 2. The smallest absolute Gasteiger partial charge is 0.183 e.